The maximum Gasteiger partial charge on any atom is 0.260 e. The maximum absolute atomic E-state index is 12.2. The van der Waals surface area contributed by atoms with E-state index >= 15 is 0 Å². The fourth-order valence-electron chi connectivity index (χ4n) is 1.84. The molecule has 0 unspecified atom stereocenters. The Kier molecular flexibility index (Phi) is 3.39. The summed E-state index contributed by atoms with van der Waals surface area (Å²) in [6.07, 6.45) is 1.28. The minimum atomic E-state index is -0.345. The minimum absolute atomic E-state index is 0.255. The van der Waals surface area contributed by atoms with Crippen LogP contribution >= 0.6 is 11.6 Å². The average Bonchev–Trinajstić information content (AvgIpc) is 2.46. The normalized spacial score (nSPS) is 12.8. The van der Waals surface area contributed by atoms with Crippen molar-refractivity contribution in [1.82, 2.24) is 9.97 Å². The molecule has 20 heavy (non-hydrogen) atoms. The number of amides is 1. The molecule has 6 nitrogen and oxygen atoms in total. The first kappa shape index (κ1) is 12.7. The van der Waals surface area contributed by atoms with Crippen LogP contribution in [0.5, 0.6) is 11.5 Å². The van der Waals surface area contributed by atoms with Crippen molar-refractivity contribution in [3.8, 4) is 11.5 Å². The van der Waals surface area contributed by atoms with Gasteiger partial charge in [-0.2, -0.15) is 0 Å². The molecule has 1 N–H and O–H groups in total. The summed E-state index contributed by atoms with van der Waals surface area (Å²) in [6.45, 7) is 0.885. The maximum atomic E-state index is 12.2. The minimum Gasteiger partial charge on any atom is -0.486 e. The molecule has 2 heterocycles. The van der Waals surface area contributed by atoms with Gasteiger partial charge in [-0.05, 0) is 12.1 Å². The largest absolute Gasteiger partial charge is 0.486 e. The molecule has 1 aliphatic heterocycles. The summed E-state index contributed by atoms with van der Waals surface area (Å²) in [5, 5.41) is 2.89. The molecule has 1 aromatic carbocycles. The van der Waals surface area contributed by atoms with Gasteiger partial charge < -0.3 is 14.8 Å². The molecule has 7 heteroatoms. The lowest BCUT2D eigenvalue weighted by Gasteiger charge is -2.20. The van der Waals surface area contributed by atoms with Crippen LogP contribution in [-0.2, 0) is 0 Å². The Bertz CT molecular complexity index is 663. The molecule has 0 saturated carbocycles. The van der Waals surface area contributed by atoms with Crippen LogP contribution < -0.4 is 14.8 Å². The number of hydrogen-bond donors (Lipinski definition) is 1. The van der Waals surface area contributed by atoms with Gasteiger partial charge in [-0.15, -0.1) is 0 Å². The molecule has 2 aromatic rings. The SMILES string of the molecule is O=C(Nc1cc(Cl)ncn1)c1cccc2c1OCCO2. The fourth-order valence-corrected chi connectivity index (χ4v) is 1.99. The standard InChI is InChI=1S/C13H10ClN3O3/c14-10-6-11(16-7-15-10)17-13(18)8-2-1-3-9-12(8)20-5-4-19-9/h1-3,6-7H,4-5H2,(H,15,16,17,18). The van der Waals surface area contributed by atoms with Gasteiger partial charge >= 0.3 is 0 Å². The molecule has 102 valence electrons. The number of anilines is 1. The lowest BCUT2D eigenvalue weighted by atomic mass is 10.1. The van der Waals surface area contributed by atoms with Gasteiger partial charge in [-0.3, -0.25) is 4.79 Å². The van der Waals surface area contributed by atoms with Gasteiger partial charge in [-0.25, -0.2) is 9.97 Å². The number of fused-ring (bicyclic) bond motifs is 1. The van der Waals surface area contributed by atoms with Crippen molar-refractivity contribution in [2.45, 2.75) is 0 Å². The third-order valence-electron chi connectivity index (χ3n) is 2.69. The zero-order valence-electron chi connectivity index (χ0n) is 10.3. The molecule has 1 aliphatic rings. The second kappa shape index (κ2) is 5.34. The molecule has 3 rings (SSSR count). The Hall–Kier alpha value is -2.34. The number of carbonyl (C=O) groups excluding carboxylic acids is 1. The molecule has 1 aromatic heterocycles. The summed E-state index contributed by atoms with van der Waals surface area (Å²) in [7, 11) is 0. The molecule has 0 atom stereocenters. The number of aromatic nitrogens is 2. The van der Waals surface area contributed by atoms with Crippen molar-refractivity contribution in [3.63, 3.8) is 0 Å². The second-order valence-electron chi connectivity index (χ2n) is 4.01. The summed E-state index contributed by atoms with van der Waals surface area (Å²) < 4.78 is 10.9. The summed E-state index contributed by atoms with van der Waals surface area (Å²) >= 11 is 5.74. The highest BCUT2D eigenvalue weighted by Crippen LogP contribution is 2.33. The van der Waals surface area contributed by atoms with E-state index in [-0.39, 0.29) is 11.1 Å². The number of ether oxygens (including phenoxy) is 2. The van der Waals surface area contributed by atoms with E-state index < -0.39 is 0 Å². The molecule has 0 bridgehead atoms. The van der Waals surface area contributed by atoms with Crippen LogP contribution in [-0.4, -0.2) is 29.1 Å². The smallest absolute Gasteiger partial charge is 0.260 e. The predicted octanol–water partition coefficient (Wildman–Crippen LogP) is 2.15. The van der Waals surface area contributed by atoms with Gasteiger partial charge in [0.05, 0.1) is 5.56 Å². The van der Waals surface area contributed by atoms with Crippen LogP contribution in [0.3, 0.4) is 0 Å². The van der Waals surface area contributed by atoms with Crippen LogP contribution in [0.15, 0.2) is 30.6 Å². The van der Waals surface area contributed by atoms with E-state index in [1.807, 2.05) is 0 Å². The van der Waals surface area contributed by atoms with Crippen LogP contribution in [0, 0.1) is 0 Å². The number of halogens is 1. The zero-order chi connectivity index (χ0) is 13.9. The quantitative estimate of drug-likeness (QED) is 0.858. The number of para-hydroxylation sites is 1. The van der Waals surface area contributed by atoms with E-state index in [0.717, 1.165) is 0 Å². The van der Waals surface area contributed by atoms with Gasteiger partial charge in [0.25, 0.3) is 5.91 Å². The molecule has 0 saturated heterocycles. The zero-order valence-corrected chi connectivity index (χ0v) is 11.1. The fraction of sp³-hybridized carbons (Fsp3) is 0.154. The Morgan fingerprint density at radius 3 is 2.95 bits per heavy atom. The van der Waals surface area contributed by atoms with Crippen LogP contribution in [0.2, 0.25) is 5.15 Å². The van der Waals surface area contributed by atoms with Crippen molar-refractivity contribution < 1.29 is 14.3 Å². The number of carbonyl (C=O) groups is 1. The van der Waals surface area contributed by atoms with Crippen molar-refractivity contribution >= 4 is 23.3 Å². The number of nitrogens with one attached hydrogen (secondary N) is 1. The van der Waals surface area contributed by atoms with Crippen LogP contribution in [0.1, 0.15) is 10.4 Å². The topological polar surface area (TPSA) is 73.3 Å². The molecular weight excluding hydrogens is 282 g/mol. The van der Waals surface area contributed by atoms with E-state index in [9.17, 15) is 4.79 Å². The van der Waals surface area contributed by atoms with Gasteiger partial charge in [0.1, 0.15) is 30.5 Å². The first-order valence-electron chi connectivity index (χ1n) is 5.91. The van der Waals surface area contributed by atoms with Gasteiger partial charge in [0, 0.05) is 6.07 Å². The summed E-state index contributed by atoms with van der Waals surface area (Å²) in [6, 6.07) is 6.61. The van der Waals surface area contributed by atoms with E-state index in [0.29, 0.717) is 36.1 Å². The molecule has 0 fully saturated rings. The number of benzene rings is 1. The van der Waals surface area contributed by atoms with Crippen molar-refractivity contribution in [1.29, 1.82) is 0 Å². The average molecular weight is 292 g/mol. The van der Waals surface area contributed by atoms with Crippen LogP contribution in [0.25, 0.3) is 0 Å². The Morgan fingerprint density at radius 2 is 2.10 bits per heavy atom. The Labute approximate surface area is 119 Å². The number of hydrogen-bond acceptors (Lipinski definition) is 5. The van der Waals surface area contributed by atoms with E-state index in [2.05, 4.69) is 15.3 Å². The van der Waals surface area contributed by atoms with Crippen molar-refractivity contribution in [3.05, 3.63) is 41.3 Å². The summed E-state index contributed by atoms with van der Waals surface area (Å²) in [5.41, 5.74) is 0.386. The number of nitrogens with zero attached hydrogens (tertiary/aromatic N) is 2. The van der Waals surface area contributed by atoms with Gasteiger partial charge in [0.2, 0.25) is 0 Å². The highest BCUT2D eigenvalue weighted by Gasteiger charge is 2.20. The lowest BCUT2D eigenvalue weighted by molar-refractivity contribution is 0.101. The summed E-state index contributed by atoms with van der Waals surface area (Å²) in [5.74, 6) is 0.979. The molecule has 1 amide bonds. The first-order chi connectivity index (χ1) is 9.74. The lowest BCUT2D eigenvalue weighted by Crippen LogP contribution is -2.20. The van der Waals surface area contributed by atoms with Crippen molar-refractivity contribution in [2.24, 2.45) is 0 Å². The first-order valence-corrected chi connectivity index (χ1v) is 6.29. The molecule has 0 aliphatic carbocycles. The van der Waals surface area contributed by atoms with E-state index in [1.165, 1.54) is 12.4 Å². The molecule has 0 radical (unpaired) electrons. The van der Waals surface area contributed by atoms with Crippen molar-refractivity contribution in [2.75, 3.05) is 18.5 Å². The molecule has 0 spiro atoms. The monoisotopic (exact) mass is 291 g/mol. The highest BCUT2D eigenvalue weighted by molar-refractivity contribution is 6.29. The third kappa shape index (κ3) is 2.50. The van der Waals surface area contributed by atoms with E-state index in [1.54, 1.807) is 18.2 Å². The highest BCUT2D eigenvalue weighted by atomic mass is 35.5. The summed E-state index contributed by atoms with van der Waals surface area (Å²) in [4.78, 5) is 19.9. The van der Waals surface area contributed by atoms with Crippen LogP contribution in [0.4, 0.5) is 5.82 Å². The third-order valence-corrected chi connectivity index (χ3v) is 2.89. The van der Waals surface area contributed by atoms with Gasteiger partial charge in [0.15, 0.2) is 11.5 Å². The Balaban J connectivity index is 1.88. The van der Waals surface area contributed by atoms with Gasteiger partial charge in [-0.1, -0.05) is 17.7 Å². The second-order valence-corrected chi connectivity index (χ2v) is 4.40. The van der Waals surface area contributed by atoms with E-state index in [4.69, 9.17) is 21.1 Å². The predicted molar refractivity (Wildman–Crippen MR) is 72.4 cm³/mol. The Morgan fingerprint density at radius 1 is 1.25 bits per heavy atom. The molecular formula is C13H10ClN3O3. The number of rotatable bonds is 2.